The molecule has 0 aliphatic heterocycles. The van der Waals surface area contributed by atoms with E-state index >= 15 is 0 Å². The van der Waals surface area contributed by atoms with Crippen molar-refractivity contribution in [3.63, 3.8) is 0 Å². The Morgan fingerprint density at radius 1 is 1.58 bits per heavy atom. The van der Waals surface area contributed by atoms with Crippen LogP contribution in [0.25, 0.3) is 0 Å². The standard InChI is InChI=1S/C8H6FNO2/c1-12-7-3-2-6(9)5(4-10)8(7)11/h2-3,11H,1H3. The molecule has 3 nitrogen and oxygen atoms in total. The Kier molecular flexibility index (Phi) is 2.15. The van der Waals surface area contributed by atoms with Gasteiger partial charge < -0.3 is 9.84 Å². The van der Waals surface area contributed by atoms with Gasteiger partial charge in [0.15, 0.2) is 11.5 Å². The Morgan fingerprint density at radius 3 is 2.75 bits per heavy atom. The van der Waals surface area contributed by atoms with E-state index in [0.717, 1.165) is 6.07 Å². The number of phenols is 1. The third-order valence-corrected chi connectivity index (χ3v) is 1.42. The normalized spacial score (nSPS) is 9.08. The van der Waals surface area contributed by atoms with Crippen molar-refractivity contribution in [2.75, 3.05) is 7.11 Å². The minimum atomic E-state index is -0.754. The van der Waals surface area contributed by atoms with Crippen molar-refractivity contribution in [1.29, 1.82) is 5.26 Å². The van der Waals surface area contributed by atoms with Crippen LogP contribution in [-0.4, -0.2) is 12.2 Å². The molecule has 1 N–H and O–H groups in total. The Labute approximate surface area is 68.6 Å². The lowest BCUT2D eigenvalue weighted by Gasteiger charge is -2.03. The van der Waals surface area contributed by atoms with E-state index in [-0.39, 0.29) is 5.75 Å². The van der Waals surface area contributed by atoms with E-state index in [1.807, 2.05) is 0 Å². The molecule has 1 rings (SSSR count). The maximum atomic E-state index is 12.7. The second-order valence-electron chi connectivity index (χ2n) is 2.09. The van der Waals surface area contributed by atoms with E-state index in [1.165, 1.54) is 19.2 Å². The first-order valence-electron chi connectivity index (χ1n) is 3.16. The molecule has 0 atom stereocenters. The van der Waals surface area contributed by atoms with Crippen molar-refractivity contribution in [3.8, 4) is 17.6 Å². The molecule has 0 heterocycles. The maximum Gasteiger partial charge on any atom is 0.178 e. The lowest BCUT2D eigenvalue weighted by Crippen LogP contribution is -1.89. The van der Waals surface area contributed by atoms with Crippen LogP contribution in [-0.2, 0) is 0 Å². The zero-order chi connectivity index (χ0) is 9.14. The van der Waals surface area contributed by atoms with Gasteiger partial charge in [-0.25, -0.2) is 4.39 Å². The van der Waals surface area contributed by atoms with E-state index in [2.05, 4.69) is 4.74 Å². The van der Waals surface area contributed by atoms with Gasteiger partial charge in [0, 0.05) is 0 Å². The topological polar surface area (TPSA) is 53.2 Å². The number of methoxy groups -OCH3 is 1. The molecule has 0 aliphatic rings. The number of aromatic hydroxyl groups is 1. The summed E-state index contributed by atoms with van der Waals surface area (Å²) in [5, 5.41) is 17.6. The smallest absolute Gasteiger partial charge is 0.178 e. The highest BCUT2D eigenvalue weighted by atomic mass is 19.1. The van der Waals surface area contributed by atoms with Gasteiger partial charge in [0.25, 0.3) is 0 Å². The fraction of sp³-hybridized carbons (Fsp3) is 0.125. The number of benzene rings is 1. The molecule has 12 heavy (non-hydrogen) atoms. The van der Waals surface area contributed by atoms with Crippen molar-refractivity contribution in [2.24, 2.45) is 0 Å². The van der Waals surface area contributed by atoms with Crippen LogP contribution in [0.1, 0.15) is 5.56 Å². The molecule has 0 aromatic heterocycles. The molecule has 0 amide bonds. The predicted molar refractivity (Wildman–Crippen MR) is 39.3 cm³/mol. The zero-order valence-electron chi connectivity index (χ0n) is 6.34. The fourth-order valence-corrected chi connectivity index (χ4v) is 0.819. The molecule has 4 heteroatoms. The molecule has 1 aromatic rings. The molecular formula is C8H6FNO2. The lowest BCUT2D eigenvalue weighted by molar-refractivity contribution is 0.370. The summed E-state index contributed by atoms with van der Waals surface area (Å²) in [6.45, 7) is 0. The van der Waals surface area contributed by atoms with Gasteiger partial charge >= 0.3 is 0 Å². The van der Waals surface area contributed by atoms with Crippen molar-refractivity contribution in [3.05, 3.63) is 23.5 Å². The molecule has 1 aromatic carbocycles. The number of ether oxygens (including phenoxy) is 1. The summed E-state index contributed by atoms with van der Waals surface area (Å²) in [5.74, 6) is -1.12. The molecule has 0 saturated heterocycles. The largest absolute Gasteiger partial charge is 0.503 e. The summed E-state index contributed by atoms with van der Waals surface area (Å²) in [5.41, 5.74) is -0.394. The Morgan fingerprint density at radius 2 is 2.25 bits per heavy atom. The highest BCUT2D eigenvalue weighted by Crippen LogP contribution is 2.30. The van der Waals surface area contributed by atoms with Crippen molar-refractivity contribution in [2.45, 2.75) is 0 Å². The van der Waals surface area contributed by atoms with Crippen LogP contribution in [0.3, 0.4) is 0 Å². The van der Waals surface area contributed by atoms with Gasteiger partial charge in [-0.3, -0.25) is 0 Å². The third kappa shape index (κ3) is 1.17. The van der Waals surface area contributed by atoms with Crippen molar-refractivity contribution >= 4 is 0 Å². The molecule has 0 unspecified atom stereocenters. The van der Waals surface area contributed by atoms with Gasteiger partial charge in [-0.2, -0.15) is 5.26 Å². The van der Waals surface area contributed by atoms with Crippen LogP contribution < -0.4 is 4.74 Å². The Balaban J connectivity index is 3.36. The van der Waals surface area contributed by atoms with Crippen molar-refractivity contribution < 1.29 is 14.2 Å². The van der Waals surface area contributed by atoms with Crippen LogP contribution in [0.15, 0.2) is 12.1 Å². The van der Waals surface area contributed by atoms with Gasteiger partial charge in [0.1, 0.15) is 17.4 Å². The van der Waals surface area contributed by atoms with E-state index in [0.29, 0.717) is 0 Å². The second-order valence-corrected chi connectivity index (χ2v) is 2.09. The number of nitriles is 1. The van der Waals surface area contributed by atoms with Crippen LogP contribution in [0.2, 0.25) is 0 Å². The highest BCUT2D eigenvalue weighted by molar-refractivity contribution is 5.52. The van der Waals surface area contributed by atoms with Gasteiger partial charge in [-0.15, -0.1) is 0 Å². The molecule has 0 aliphatic carbocycles. The van der Waals surface area contributed by atoms with Gasteiger partial charge in [-0.1, -0.05) is 0 Å². The quantitative estimate of drug-likeness (QED) is 0.688. The third-order valence-electron chi connectivity index (χ3n) is 1.42. The first-order valence-corrected chi connectivity index (χ1v) is 3.16. The van der Waals surface area contributed by atoms with Crippen LogP contribution in [0, 0.1) is 17.1 Å². The molecular weight excluding hydrogens is 161 g/mol. The maximum absolute atomic E-state index is 12.7. The van der Waals surface area contributed by atoms with E-state index < -0.39 is 17.1 Å². The van der Waals surface area contributed by atoms with Crippen LogP contribution >= 0.6 is 0 Å². The minimum absolute atomic E-state index is 0.0907. The number of phenolic OH excluding ortho intramolecular Hbond substituents is 1. The average Bonchev–Trinajstić information content (AvgIpc) is 2.06. The summed E-state index contributed by atoms with van der Waals surface area (Å²) in [7, 11) is 1.33. The Hall–Kier alpha value is -1.76. The minimum Gasteiger partial charge on any atom is -0.503 e. The first kappa shape index (κ1) is 8.34. The monoisotopic (exact) mass is 167 g/mol. The number of hydrogen-bond donors (Lipinski definition) is 1. The first-order chi connectivity index (χ1) is 5.70. The van der Waals surface area contributed by atoms with Crippen molar-refractivity contribution in [1.82, 2.24) is 0 Å². The SMILES string of the molecule is COc1ccc(F)c(C#N)c1O. The van der Waals surface area contributed by atoms with E-state index in [4.69, 9.17) is 5.26 Å². The number of rotatable bonds is 1. The summed E-state index contributed by atoms with van der Waals surface area (Å²) in [6.07, 6.45) is 0. The fourth-order valence-electron chi connectivity index (χ4n) is 0.819. The average molecular weight is 167 g/mol. The second kappa shape index (κ2) is 3.09. The molecule has 62 valence electrons. The molecule has 0 radical (unpaired) electrons. The highest BCUT2D eigenvalue weighted by Gasteiger charge is 2.11. The summed E-state index contributed by atoms with van der Waals surface area (Å²) < 4.78 is 17.4. The Bertz CT molecular complexity index is 344. The summed E-state index contributed by atoms with van der Waals surface area (Å²) in [4.78, 5) is 0. The number of hydrogen-bond acceptors (Lipinski definition) is 3. The molecule has 0 fully saturated rings. The van der Waals surface area contributed by atoms with E-state index in [9.17, 15) is 9.50 Å². The number of halogens is 1. The lowest BCUT2D eigenvalue weighted by atomic mass is 10.2. The molecule has 0 saturated carbocycles. The molecule has 0 bridgehead atoms. The number of nitrogens with zero attached hydrogens (tertiary/aromatic N) is 1. The van der Waals surface area contributed by atoms with Gasteiger partial charge in [0.05, 0.1) is 7.11 Å². The summed E-state index contributed by atoms with van der Waals surface area (Å²) in [6, 6.07) is 3.86. The zero-order valence-corrected chi connectivity index (χ0v) is 6.34. The van der Waals surface area contributed by atoms with E-state index in [1.54, 1.807) is 0 Å². The van der Waals surface area contributed by atoms with Crippen LogP contribution in [0.4, 0.5) is 4.39 Å². The predicted octanol–water partition coefficient (Wildman–Crippen LogP) is 1.41. The van der Waals surface area contributed by atoms with Gasteiger partial charge in [-0.05, 0) is 12.1 Å². The summed E-state index contributed by atoms with van der Waals surface area (Å²) >= 11 is 0. The van der Waals surface area contributed by atoms with Gasteiger partial charge in [0.2, 0.25) is 0 Å². The molecule has 0 spiro atoms. The van der Waals surface area contributed by atoms with Crippen LogP contribution in [0.5, 0.6) is 11.5 Å².